The monoisotopic (exact) mass is 287 g/mol. The summed E-state index contributed by atoms with van der Waals surface area (Å²) >= 11 is 0. The van der Waals surface area contributed by atoms with Crippen LogP contribution < -0.4 is 5.32 Å². The Bertz CT molecular complexity index is 548. The Balaban J connectivity index is 1.77. The molecule has 106 valence electrons. The van der Waals surface area contributed by atoms with Gasteiger partial charge in [-0.2, -0.15) is 0 Å². The van der Waals surface area contributed by atoms with Crippen LogP contribution in [-0.2, 0) is 21.1 Å². The molecule has 2 rings (SSSR count). The van der Waals surface area contributed by atoms with Gasteiger partial charge in [0.05, 0.1) is 30.7 Å². The molecular weight excluding hydrogens is 270 g/mol. The molecule has 1 aromatic heterocycles. The lowest BCUT2D eigenvalue weighted by Gasteiger charge is -2.07. The summed E-state index contributed by atoms with van der Waals surface area (Å²) in [6.45, 7) is 1.10. The Hall–Kier alpha value is -1.34. The van der Waals surface area contributed by atoms with E-state index in [0.717, 1.165) is 0 Å². The van der Waals surface area contributed by atoms with Gasteiger partial charge < -0.3 is 14.5 Å². The first-order chi connectivity index (χ1) is 9.00. The highest BCUT2D eigenvalue weighted by Crippen LogP contribution is 2.17. The maximum absolute atomic E-state index is 11.3. The van der Waals surface area contributed by atoms with Crippen LogP contribution in [0.1, 0.15) is 22.5 Å². The predicted molar refractivity (Wildman–Crippen MR) is 68.5 cm³/mol. The van der Waals surface area contributed by atoms with Crippen molar-refractivity contribution in [3.63, 3.8) is 0 Å². The van der Waals surface area contributed by atoms with Crippen molar-refractivity contribution in [3.05, 3.63) is 23.7 Å². The Kier molecular flexibility index (Phi) is 4.26. The molecular formula is C12H17NO5S. The summed E-state index contributed by atoms with van der Waals surface area (Å²) in [6.07, 6.45) is 2.06. The Morgan fingerprint density at radius 1 is 1.58 bits per heavy atom. The van der Waals surface area contributed by atoms with Gasteiger partial charge in [-0.05, 0) is 24.9 Å². The lowest BCUT2D eigenvalue weighted by molar-refractivity contribution is 0.0600. The lowest BCUT2D eigenvalue weighted by Crippen LogP contribution is -2.23. The van der Waals surface area contributed by atoms with E-state index in [1.807, 2.05) is 0 Å². The van der Waals surface area contributed by atoms with Gasteiger partial charge in [-0.3, -0.25) is 0 Å². The molecule has 0 spiro atoms. The standard InChI is InChI=1S/C12H17NO5S/c1-17-12(14)10-4-11(18-7-10)6-13-5-9-2-3-19(15,16)8-9/h4,7,9,13H,2-3,5-6,8H2,1H3. The zero-order valence-electron chi connectivity index (χ0n) is 10.7. The van der Waals surface area contributed by atoms with E-state index in [1.165, 1.54) is 13.4 Å². The summed E-state index contributed by atoms with van der Waals surface area (Å²) in [5.41, 5.74) is 0.378. The quantitative estimate of drug-likeness (QED) is 0.798. The number of ether oxygens (including phenoxy) is 1. The highest BCUT2D eigenvalue weighted by molar-refractivity contribution is 7.91. The fourth-order valence-electron chi connectivity index (χ4n) is 2.13. The molecule has 1 atom stereocenters. The number of nitrogens with one attached hydrogen (secondary N) is 1. The number of esters is 1. The molecule has 1 unspecified atom stereocenters. The molecule has 0 saturated carbocycles. The topological polar surface area (TPSA) is 85.6 Å². The maximum atomic E-state index is 11.3. The van der Waals surface area contributed by atoms with E-state index < -0.39 is 15.8 Å². The van der Waals surface area contributed by atoms with Gasteiger partial charge in [0, 0.05) is 0 Å². The van der Waals surface area contributed by atoms with E-state index >= 15 is 0 Å². The van der Waals surface area contributed by atoms with Gasteiger partial charge in [0.2, 0.25) is 0 Å². The van der Waals surface area contributed by atoms with Crippen LogP contribution in [0.5, 0.6) is 0 Å². The normalized spacial score (nSPS) is 21.4. The minimum Gasteiger partial charge on any atom is -0.467 e. The van der Waals surface area contributed by atoms with Crippen LogP contribution in [0.25, 0.3) is 0 Å². The molecule has 7 heteroatoms. The molecule has 1 aliphatic rings. The number of methoxy groups -OCH3 is 1. The van der Waals surface area contributed by atoms with Gasteiger partial charge in [0.25, 0.3) is 0 Å². The van der Waals surface area contributed by atoms with Crippen LogP contribution in [-0.4, -0.2) is 39.5 Å². The van der Waals surface area contributed by atoms with E-state index in [1.54, 1.807) is 6.07 Å². The van der Waals surface area contributed by atoms with Gasteiger partial charge >= 0.3 is 5.97 Å². The van der Waals surface area contributed by atoms with E-state index in [-0.39, 0.29) is 17.4 Å². The third-order valence-corrected chi connectivity index (χ3v) is 4.97. The van der Waals surface area contributed by atoms with Crippen LogP contribution in [0, 0.1) is 5.92 Å². The number of hydrogen-bond donors (Lipinski definition) is 1. The van der Waals surface area contributed by atoms with Gasteiger partial charge in [-0.1, -0.05) is 0 Å². The lowest BCUT2D eigenvalue weighted by atomic mass is 10.1. The van der Waals surface area contributed by atoms with Crippen molar-refractivity contribution in [3.8, 4) is 0 Å². The smallest absolute Gasteiger partial charge is 0.341 e. The minimum absolute atomic E-state index is 0.167. The van der Waals surface area contributed by atoms with Crippen LogP contribution in [0.4, 0.5) is 0 Å². The third-order valence-electron chi connectivity index (χ3n) is 3.13. The second kappa shape index (κ2) is 5.75. The summed E-state index contributed by atoms with van der Waals surface area (Å²) in [5, 5.41) is 3.14. The SMILES string of the molecule is COC(=O)c1coc(CNCC2CCS(=O)(=O)C2)c1. The molecule has 0 aromatic carbocycles. The van der Waals surface area contributed by atoms with Crippen molar-refractivity contribution < 1.29 is 22.4 Å². The molecule has 1 aliphatic heterocycles. The largest absolute Gasteiger partial charge is 0.467 e. The van der Waals surface area contributed by atoms with E-state index in [9.17, 15) is 13.2 Å². The Morgan fingerprint density at radius 3 is 3.00 bits per heavy atom. The number of sulfone groups is 1. The second-order valence-corrected chi connectivity index (χ2v) is 6.92. The molecule has 0 bridgehead atoms. The van der Waals surface area contributed by atoms with E-state index in [4.69, 9.17) is 4.42 Å². The first kappa shape index (κ1) is 14.1. The highest BCUT2D eigenvalue weighted by Gasteiger charge is 2.27. The fourth-order valence-corrected chi connectivity index (χ4v) is 3.99. The number of furan rings is 1. The van der Waals surface area contributed by atoms with Gasteiger partial charge in [0.1, 0.15) is 12.0 Å². The molecule has 0 radical (unpaired) electrons. The highest BCUT2D eigenvalue weighted by atomic mass is 32.2. The maximum Gasteiger partial charge on any atom is 0.341 e. The average molecular weight is 287 g/mol. The van der Waals surface area contributed by atoms with Crippen molar-refractivity contribution in [2.24, 2.45) is 5.92 Å². The summed E-state index contributed by atoms with van der Waals surface area (Å²) in [4.78, 5) is 11.2. The van der Waals surface area contributed by atoms with E-state index in [0.29, 0.717) is 30.8 Å². The minimum atomic E-state index is -2.83. The summed E-state index contributed by atoms with van der Waals surface area (Å²) in [5.74, 6) is 0.899. The second-order valence-electron chi connectivity index (χ2n) is 4.69. The van der Waals surface area contributed by atoms with Gasteiger partial charge in [-0.25, -0.2) is 13.2 Å². The average Bonchev–Trinajstić information content (AvgIpc) is 2.95. The zero-order chi connectivity index (χ0) is 13.9. The molecule has 1 saturated heterocycles. The third kappa shape index (κ3) is 3.81. The Morgan fingerprint density at radius 2 is 2.37 bits per heavy atom. The molecule has 0 amide bonds. The first-order valence-corrected chi connectivity index (χ1v) is 7.89. The molecule has 1 N–H and O–H groups in total. The number of rotatable bonds is 5. The molecule has 0 aliphatic carbocycles. The fraction of sp³-hybridized carbons (Fsp3) is 0.583. The van der Waals surface area contributed by atoms with Gasteiger partial charge in [-0.15, -0.1) is 0 Å². The van der Waals surface area contributed by atoms with Crippen molar-refractivity contribution in [2.75, 3.05) is 25.2 Å². The van der Waals surface area contributed by atoms with Crippen molar-refractivity contribution in [1.29, 1.82) is 0 Å². The first-order valence-electron chi connectivity index (χ1n) is 6.07. The molecule has 1 fully saturated rings. The zero-order valence-corrected chi connectivity index (χ0v) is 11.5. The number of hydrogen-bond acceptors (Lipinski definition) is 6. The van der Waals surface area contributed by atoms with Crippen LogP contribution >= 0.6 is 0 Å². The van der Waals surface area contributed by atoms with Crippen molar-refractivity contribution in [2.45, 2.75) is 13.0 Å². The predicted octanol–water partition coefficient (Wildman–Crippen LogP) is 0.590. The summed E-state index contributed by atoms with van der Waals surface area (Å²) in [6, 6.07) is 1.62. The van der Waals surface area contributed by atoms with E-state index in [2.05, 4.69) is 10.1 Å². The summed E-state index contributed by atoms with van der Waals surface area (Å²) in [7, 11) is -1.51. The summed E-state index contributed by atoms with van der Waals surface area (Å²) < 4.78 is 32.4. The number of carbonyl (C=O) groups excluding carboxylic acids is 1. The Labute approximate surface area is 112 Å². The van der Waals surface area contributed by atoms with Gasteiger partial charge in [0.15, 0.2) is 9.84 Å². The van der Waals surface area contributed by atoms with Crippen molar-refractivity contribution >= 4 is 15.8 Å². The van der Waals surface area contributed by atoms with Crippen LogP contribution in [0.2, 0.25) is 0 Å². The molecule has 19 heavy (non-hydrogen) atoms. The molecule has 1 aromatic rings. The van der Waals surface area contributed by atoms with Crippen molar-refractivity contribution in [1.82, 2.24) is 5.32 Å². The van der Waals surface area contributed by atoms with Crippen LogP contribution in [0.15, 0.2) is 16.7 Å². The molecule has 6 nitrogen and oxygen atoms in total. The molecule has 2 heterocycles. The number of carbonyl (C=O) groups is 1. The van der Waals surface area contributed by atoms with Crippen LogP contribution in [0.3, 0.4) is 0 Å².